The van der Waals surface area contributed by atoms with Crippen molar-refractivity contribution >= 4 is 11.8 Å². The van der Waals surface area contributed by atoms with Crippen LogP contribution in [0.1, 0.15) is 6.42 Å². The molecule has 0 spiro atoms. The molecule has 0 aromatic heterocycles. The number of hydrogen-bond donors (Lipinski definition) is 1. The van der Waals surface area contributed by atoms with Gasteiger partial charge in [0.15, 0.2) is 0 Å². The van der Waals surface area contributed by atoms with Crippen LogP contribution in [0.2, 0.25) is 0 Å². The van der Waals surface area contributed by atoms with Crippen LogP contribution in [0.15, 0.2) is 29.2 Å². The van der Waals surface area contributed by atoms with E-state index in [1.54, 1.807) is 23.9 Å². The molecule has 0 amide bonds. The van der Waals surface area contributed by atoms with Gasteiger partial charge >= 0.3 is 0 Å². The second kappa shape index (κ2) is 5.17. The minimum absolute atomic E-state index is 0.207. The molecule has 0 saturated carbocycles. The van der Waals surface area contributed by atoms with Crippen LogP contribution >= 0.6 is 11.8 Å². The van der Waals surface area contributed by atoms with Crippen molar-refractivity contribution in [3.05, 3.63) is 30.1 Å². The molecule has 0 bridgehead atoms. The van der Waals surface area contributed by atoms with E-state index < -0.39 is 0 Å². The van der Waals surface area contributed by atoms with Gasteiger partial charge in [-0.3, -0.25) is 0 Å². The van der Waals surface area contributed by atoms with Crippen LogP contribution in [0, 0.1) is 5.82 Å². The molecule has 0 aliphatic rings. The summed E-state index contributed by atoms with van der Waals surface area (Å²) in [5.74, 6) is 0.670. The highest BCUT2D eigenvalue weighted by Crippen LogP contribution is 2.18. The SMILES string of the molecule is OCCCSc1ccc(F)cc1. The minimum atomic E-state index is -0.207. The van der Waals surface area contributed by atoms with E-state index in [1.807, 2.05) is 0 Å². The average Bonchev–Trinajstić information content (AvgIpc) is 2.09. The molecule has 0 aliphatic carbocycles. The van der Waals surface area contributed by atoms with Crippen molar-refractivity contribution in [1.29, 1.82) is 0 Å². The van der Waals surface area contributed by atoms with Gasteiger partial charge in [0.1, 0.15) is 5.82 Å². The van der Waals surface area contributed by atoms with Gasteiger partial charge in [0.2, 0.25) is 0 Å². The molecule has 1 aromatic rings. The fourth-order valence-corrected chi connectivity index (χ4v) is 1.62. The van der Waals surface area contributed by atoms with Crippen molar-refractivity contribution in [2.24, 2.45) is 0 Å². The molecule has 1 rings (SSSR count). The molecule has 1 aromatic carbocycles. The summed E-state index contributed by atoms with van der Waals surface area (Å²) in [5, 5.41) is 8.52. The number of hydrogen-bond acceptors (Lipinski definition) is 2. The van der Waals surface area contributed by atoms with Gasteiger partial charge in [0.25, 0.3) is 0 Å². The molecule has 3 heteroatoms. The Morgan fingerprint density at radius 1 is 1.25 bits per heavy atom. The number of aliphatic hydroxyl groups excluding tert-OH is 1. The summed E-state index contributed by atoms with van der Waals surface area (Å²) < 4.78 is 12.4. The normalized spacial score (nSPS) is 10.2. The van der Waals surface area contributed by atoms with Crippen LogP contribution in [0.4, 0.5) is 4.39 Å². The van der Waals surface area contributed by atoms with Gasteiger partial charge in [-0.25, -0.2) is 4.39 Å². The van der Waals surface area contributed by atoms with Gasteiger partial charge in [0.05, 0.1) is 0 Å². The van der Waals surface area contributed by atoms with E-state index in [4.69, 9.17) is 5.11 Å². The zero-order valence-corrected chi connectivity index (χ0v) is 7.48. The summed E-state index contributed by atoms with van der Waals surface area (Å²) in [4.78, 5) is 1.05. The maximum atomic E-state index is 12.4. The molecular weight excluding hydrogens is 175 g/mol. The fraction of sp³-hybridized carbons (Fsp3) is 0.333. The lowest BCUT2D eigenvalue weighted by atomic mass is 10.4. The standard InChI is InChI=1S/C9H11FOS/c10-8-2-4-9(5-3-8)12-7-1-6-11/h2-5,11H,1,6-7H2. The summed E-state index contributed by atoms with van der Waals surface area (Å²) in [6.07, 6.45) is 0.780. The van der Waals surface area contributed by atoms with Crippen molar-refractivity contribution in [2.45, 2.75) is 11.3 Å². The van der Waals surface area contributed by atoms with Gasteiger partial charge in [-0.15, -0.1) is 11.8 Å². The predicted molar refractivity (Wildman–Crippen MR) is 48.8 cm³/mol. The van der Waals surface area contributed by atoms with E-state index in [-0.39, 0.29) is 12.4 Å². The second-order valence-corrected chi connectivity index (χ2v) is 3.55. The Hall–Kier alpha value is -0.540. The molecule has 0 fully saturated rings. The van der Waals surface area contributed by atoms with E-state index in [9.17, 15) is 4.39 Å². The highest BCUT2D eigenvalue weighted by molar-refractivity contribution is 7.99. The number of benzene rings is 1. The summed E-state index contributed by atoms with van der Waals surface area (Å²) in [5.41, 5.74) is 0. The molecule has 0 heterocycles. The van der Waals surface area contributed by atoms with Crippen molar-refractivity contribution in [1.82, 2.24) is 0 Å². The van der Waals surface area contributed by atoms with Gasteiger partial charge in [0, 0.05) is 17.3 Å². The van der Waals surface area contributed by atoms with Gasteiger partial charge in [-0.1, -0.05) is 0 Å². The Labute approximate surface area is 75.6 Å². The first-order chi connectivity index (χ1) is 5.83. The molecule has 0 atom stereocenters. The van der Waals surface area contributed by atoms with Crippen LogP contribution in [0.5, 0.6) is 0 Å². The van der Waals surface area contributed by atoms with E-state index in [2.05, 4.69) is 0 Å². The van der Waals surface area contributed by atoms with E-state index >= 15 is 0 Å². The molecule has 12 heavy (non-hydrogen) atoms. The Kier molecular flexibility index (Phi) is 4.11. The fourth-order valence-electron chi connectivity index (χ4n) is 0.785. The highest BCUT2D eigenvalue weighted by Gasteiger charge is 1.93. The van der Waals surface area contributed by atoms with E-state index in [0.717, 1.165) is 17.1 Å². The largest absolute Gasteiger partial charge is 0.396 e. The van der Waals surface area contributed by atoms with E-state index in [1.165, 1.54) is 12.1 Å². The van der Waals surface area contributed by atoms with Gasteiger partial charge < -0.3 is 5.11 Å². The molecule has 0 aliphatic heterocycles. The predicted octanol–water partition coefficient (Wildman–Crippen LogP) is 2.30. The first-order valence-corrected chi connectivity index (χ1v) is 4.80. The summed E-state index contributed by atoms with van der Waals surface area (Å²) in [6, 6.07) is 6.39. The topological polar surface area (TPSA) is 20.2 Å². The number of aliphatic hydroxyl groups is 1. The second-order valence-electron chi connectivity index (χ2n) is 2.38. The first-order valence-electron chi connectivity index (χ1n) is 3.82. The van der Waals surface area contributed by atoms with Crippen molar-refractivity contribution in [2.75, 3.05) is 12.4 Å². The summed E-state index contributed by atoms with van der Waals surface area (Å²) >= 11 is 1.63. The van der Waals surface area contributed by atoms with Crippen molar-refractivity contribution in [3.63, 3.8) is 0 Å². The number of thioether (sulfide) groups is 1. The summed E-state index contributed by atoms with van der Waals surface area (Å²) in [6.45, 7) is 0.216. The third-order valence-electron chi connectivity index (χ3n) is 1.38. The van der Waals surface area contributed by atoms with Crippen LogP contribution in [-0.2, 0) is 0 Å². The maximum Gasteiger partial charge on any atom is 0.123 e. The Morgan fingerprint density at radius 2 is 1.92 bits per heavy atom. The zero-order valence-electron chi connectivity index (χ0n) is 6.66. The first kappa shape index (κ1) is 9.55. The van der Waals surface area contributed by atoms with Crippen molar-refractivity contribution < 1.29 is 9.50 Å². The van der Waals surface area contributed by atoms with E-state index in [0.29, 0.717) is 0 Å². The molecule has 0 radical (unpaired) electrons. The van der Waals surface area contributed by atoms with Crippen LogP contribution in [0.25, 0.3) is 0 Å². The van der Waals surface area contributed by atoms with Gasteiger partial charge in [-0.2, -0.15) is 0 Å². The molecule has 0 saturated heterocycles. The maximum absolute atomic E-state index is 12.4. The highest BCUT2D eigenvalue weighted by atomic mass is 32.2. The molecule has 0 unspecified atom stereocenters. The molecule has 1 nitrogen and oxygen atoms in total. The Morgan fingerprint density at radius 3 is 2.50 bits per heavy atom. The molecular formula is C9H11FOS. The van der Waals surface area contributed by atoms with Crippen LogP contribution < -0.4 is 0 Å². The van der Waals surface area contributed by atoms with Gasteiger partial charge in [-0.05, 0) is 30.7 Å². The molecule has 66 valence electrons. The smallest absolute Gasteiger partial charge is 0.123 e. The Bertz CT molecular complexity index is 222. The molecule has 1 N–H and O–H groups in total. The lowest BCUT2D eigenvalue weighted by molar-refractivity contribution is 0.296. The third kappa shape index (κ3) is 3.24. The third-order valence-corrected chi connectivity index (χ3v) is 2.48. The lowest BCUT2D eigenvalue weighted by Crippen LogP contribution is -1.85. The van der Waals surface area contributed by atoms with Crippen molar-refractivity contribution in [3.8, 4) is 0 Å². The summed E-state index contributed by atoms with van der Waals surface area (Å²) in [7, 11) is 0. The number of halogens is 1. The lowest BCUT2D eigenvalue weighted by Gasteiger charge is -1.98. The average molecular weight is 186 g/mol. The number of rotatable bonds is 4. The quantitative estimate of drug-likeness (QED) is 0.575. The minimum Gasteiger partial charge on any atom is -0.396 e. The van der Waals surface area contributed by atoms with Crippen LogP contribution in [0.3, 0.4) is 0 Å². The Balaban J connectivity index is 2.37. The van der Waals surface area contributed by atoms with Crippen LogP contribution in [-0.4, -0.2) is 17.5 Å². The zero-order chi connectivity index (χ0) is 8.81. The monoisotopic (exact) mass is 186 g/mol.